The van der Waals surface area contributed by atoms with Gasteiger partial charge in [0.2, 0.25) is 5.95 Å². The SMILES string of the molecule is Nc1nc(NC2CC2)c2ncn([C@@]3(OS(=O)(=O)O)C=C[C@@H](CO)C3)c2n1. The normalized spacial score (nSPS) is 25.8. The number of nitrogens with one attached hydrogen (secondary N) is 1. The van der Waals surface area contributed by atoms with Crippen LogP contribution in [0, 0.1) is 5.92 Å². The molecule has 1 saturated carbocycles. The number of aliphatic hydroxyl groups is 1. The Hall–Kier alpha value is -2.28. The van der Waals surface area contributed by atoms with Crippen molar-refractivity contribution >= 4 is 33.3 Å². The van der Waals surface area contributed by atoms with Crippen molar-refractivity contribution in [2.75, 3.05) is 17.7 Å². The molecule has 2 aromatic rings. The second kappa shape index (κ2) is 5.87. The minimum atomic E-state index is -4.79. The average Bonchev–Trinajstić information content (AvgIpc) is 3.10. The quantitative estimate of drug-likeness (QED) is 0.395. The van der Waals surface area contributed by atoms with Gasteiger partial charge in [0.05, 0.1) is 6.33 Å². The zero-order valence-electron chi connectivity index (χ0n) is 13.6. The highest BCUT2D eigenvalue weighted by Crippen LogP contribution is 2.39. The Morgan fingerprint density at radius 3 is 2.81 bits per heavy atom. The molecule has 11 nitrogen and oxygen atoms in total. The molecule has 0 saturated heterocycles. The molecule has 5 N–H and O–H groups in total. The summed E-state index contributed by atoms with van der Waals surface area (Å²) in [5.41, 5.74) is 4.86. The number of fused-ring (bicyclic) bond motifs is 1. The zero-order valence-corrected chi connectivity index (χ0v) is 14.4. The molecule has 0 radical (unpaired) electrons. The minimum Gasteiger partial charge on any atom is -0.396 e. The fourth-order valence-corrected chi connectivity index (χ4v) is 3.67. The molecule has 0 unspecified atom stereocenters. The summed E-state index contributed by atoms with van der Waals surface area (Å²) in [6, 6.07) is 0.297. The molecular weight excluding hydrogens is 364 g/mol. The monoisotopic (exact) mass is 382 g/mol. The standard InChI is InChI=1S/C14H18N6O5S/c15-13-18-11(17-9-1-2-9)10-12(19-13)20(7-16-10)14(25-26(22,23)24)4-3-8(5-14)6-21/h3-4,7-9,21H,1-2,5-6H2,(H,22,23,24)(H3,15,17,18,19)/t8-,14-/m1/s1. The van der Waals surface area contributed by atoms with Gasteiger partial charge >= 0.3 is 10.4 Å². The number of nitrogen functional groups attached to an aromatic ring is 1. The van der Waals surface area contributed by atoms with E-state index in [4.69, 9.17) is 9.92 Å². The predicted molar refractivity (Wildman–Crippen MR) is 91.3 cm³/mol. The maximum absolute atomic E-state index is 11.4. The lowest BCUT2D eigenvalue weighted by atomic mass is 10.1. The van der Waals surface area contributed by atoms with Gasteiger partial charge in [0.15, 0.2) is 22.7 Å². The van der Waals surface area contributed by atoms with Crippen LogP contribution in [0.2, 0.25) is 0 Å². The van der Waals surface area contributed by atoms with Crippen LogP contribution in [0.1, 0.15) is 19.3 Å². The number of rotatable bonds is 6. The molecule has 0 bridgehead atoms. The molecule has 26 heavy (non-hydrogen) atoms. The Morgan fingerprint density at radius 2 is 2.19 bits per heavy atom. The summed E-state index contributed by atoms with van der Waals surface area (Å²) in [6.07, 6.45) is 6.53. The van der Waals surface area contributed by atoms with Gasteiger partial charge in [-0.2, -0.15) is 18.4 Å². The molecule has 0 amide bonds. The van der Waals surface area contributed by atoms with Crippen LogP contribution in [0.4, 0.5) is 11.8 Å². The lowest BCUT2D eigenvalue weighted by molar-refractivity contribution is 0.0260. The Morgan fingerprint density at radius 1 is 1.42 bits per heavy atom. The van der Waals surface area contributed by atoms with Gasteiger partial charge in [-0.25, -0.2) is 9.17 Å². The first-order valence-electron chi connectivity index (χ1n) is 8.05. The largest absolute Gasteiger partial charge is 0.399 e. The molecular formula is C14H18N6O5S. The lowest BCUT2D eigenvalue weighted by Crippen LogP contribution is -2.36. The molecule has 0 aliphatic heterocycles. The summed E-state index contributed by atoms with van der Waals surface area (Å²) in [4.78, 5) is 12.6. The van der Waals surface area contributed by atoms with Crippen LogP contribution < -0.4 is 11.1 Å². The van der Waals surface area contributed by atoms with E-state index in [1.807, 2.05) is 0 Å². The second-order valence-corrected chi connectivity index (χ2v) is 7.52. The number of anilines is 2. The number of imidazole rings is 1. The third-order valence-corrected chi connectivity index (χ3v) is 4.91. The zero-order chi connectivity index (χ0) is 18.5. The molecule has 0 aromatic carbocycles. The number of aliphatic hydroxyl groups excluding tert-OH is 1. The van der Waals surface area contributed by atoms with Crippen molar-refractivity contribution in [3.63, 3.8) is 0 Å². The number of aromatic nitrogens is 4. The number of nitrogens with zero attached hydrogens (tertiary/aromatic N) is 4. The van der Waals surface area contributed by atoms with Crippen molar-refractivity contribution in [2.45, 2.75) is 31.0 Å². The van der Waals surface area contributed by atoms with Crippen molar-refractivity contribution in [1.82, 2.24) is 19.5 Å². The molecule has 2 atom stereocenters. The summed E-state index contributed by atoms with van der Waals surface area (Å²) in [6.45, 7) is -0.203. The van der Waals surface area contributed by atoms with Crippen LogP contribution in [0.5, 0.6) is 0 Å². The molecule has 2 heterocycles. The fourth-order valence-electron chi connectivity index (χ4n) is 3.10. The van der Waals surface area contributed by atoms with Crippen molar-refractivity contribution in [1.29, 1.82) is 0 Å². The van der Waals surface area contributed by atoms with Crippen molar-refractivity contribution in [3.8, 4) is 0 Å². The number of nitrogens with two attached hydrogens (primary N) is 1. The van der Waals surface area contributed by atoms with Crippen LogP contribution in [-0.2, 0) is 20.3 Å². The topological polar surface area (TPSA) is 165 Å². The molecule has 1 fully saturated rings. The molecule has 140 valence electrons. The first-order chi connectivity index (χ1) is 12.3. The van der Waals surface area contributed by atoms with Crippen LogP contribution >= 0.6 is 0 Å². The first kappa shape index (κ1) is 17.1. The highest BCUT2D eigenvalue weighted by Gasteiger charge is 2.43. The van der Waals surface area contributed by atoms with Gasteiger partial charge in [-0.05, 0) is 18.9 Å². The molecule has 2 aromatic heterocycles. The third-order valence-electron chi connectivity index (χ3n) is 4.41. The third kappa shape index (κ3) is 3.11. The maximum atomic E-state index is 11.4. The summed E-state index contributed by atoms with van der Waals surface area (Å²) >= 11 is 0. The summed E-state index contributed by atoms with van der Waals surface area (Å²) < 4.78 is 38.5. The van der Waals surface area contributed by atoms with Crippen molar-refractivity contribution in [2.24, 2.45) is 5.92 Å². The average molecular weight is 382 g/mol. The van der Waals surface area contributed by atoms with Gasteiger partial charge in [0, 0.05) is 25.0 Å². The van der Waals surface area contributed by atoms with E-state index in [0.717, 1.165) is 12.8 Å². The van der Waals surface area contributed by atoms with E-state index in [0.29, 0.717) is 17.4 Å². The van der Waals surface area contributed by atoms with Crippen LogP contribution in [0.15, 0.2) is 18.5 Å². The molecule has 12 heteroatoms. The summed E-state index contributed by atoms with van der Waals surface area (Å²) in [5, 5.41) is 12.6. The highest BCUT2D eigenvalue weighted by molar-refractivity contribution is 7.80. The van der Waals surface area contributed by atoms with Gasteiger partial charge in [0.25, 0.3) is 0 Å². The Balaban J connectivity index is 1.85. The maximum Gasteiger partial charge on any atom is 0.399 e. The van der Waals surface area contributed by atoms with Crippen LogP contribution in [-0.4, -0.2) is 50.2 Å². The number of hydrogen-bond acceptors (Lipinski definition) is 9. The Bertz CT molecular complexity index is 985. The van der Waals surface area contributed by atoms with Crippen LogP contribution in [0.25, 0.3) is 11.2 Å². The summed E-state index contributed by atoms with van der Waals surface area (Å²) in [7, 11) is -4.79. The van der Waals surface area contributed by atoms with Crippen molar-refractivity contribution in [3.05, 3.63) is 18.5 Å². The van der Waals surface area contributed by atoms with Gasteiger partial charge in [-0.3, -0.25) is 9.12 Å². The molecule has 2 aliphatic rings. The predicted octanol–water partition coefficient (Wildman–Crippen LogP) is 0.0234. The van der Waals surface area contributed by atoms with E-state index in [2.05, 4.69) is 20.3 Å². The Kier molecular flexibility index (Phi) is 3.87. The van der Waals surface area contributed by atoms with Crippen LogP contribution in [0.3, 0.4) is 0 Å². The van der Waals surface area contributed by atoms with E-state index < -0.39 is 16.1 Å². The van der Waals surface area contributed by atoms with Crippen molar-refractivity contribution < 1.29 is 22.3 Å². The van der Waals surface area contributed by atoms with Gasteiger partial charge in [-0.15, -0.1) is 0 Å². The fraction of sp³-hybridized carbons (Fsp3) is 0.500. The molecule has 0 spiro atoms. The van der Waals surface area contributed by atoms with Gasteiger partial charge < -0.3 is 16.2 Å². The molecule has 2 aliphatic carbocycles. The van der Waals surface area contributed by atoms with E-state index in [1.54, 1.807) is 6.08 Å². The first-order valence-corrected chi connectivity index (χ1v) is 9.42. The van der Waals surface area contributed by atoms with E-state index in [-0.39, 0.29) is 30.5 Å². The molecule has 4 rings (SSSR count). The van der Waals surface area contributed by atoms with Gasteiger partial charge in [0.1, 0.15) is 0 Å². The smallest absolute Gasteiger partial charge is 0.396 e. The van der Waals surface area contributed by atoms with E-state index >= 15 is 0 Å². The lowest BCUT2D eigenvalue weighted by Gasteiger charge is -2.28. The second-order valence-electron chi connectivity index (χ2n) is 6.50. The number of hydrogen-bond donors (Lipinski definition) is 4. The van der Waals surface area contributed by atoms with Gasteiger partial charge in [-0.1, -0.05) is 6.08 Å². The Labute approximate surface area is 148 Å². The van der Waals surface area contributed by atoms with E-state index in [1.165, 1.54) is 17.0 Å². The minimum absolute atomic E-state index is 0.00918. The summed E-state index contributed by atoms with van der Waals surface area (Å²) in [5.74, 6) is 0.0963. The van der Waals surface area contributed by atoms with E-state index in [9.17, 15) is 18.1 Å². The highest BCUT2D eigenvalue weighted by atomic mass is 32.3.